The van der Waals surface area contributed by atoms with Gasteiger partial charge in [0.15, 0.2) is 0 Å². The van der Waals surface area contributed by atoms with Gasteiger partial charge in [0.25, 0.3) is 0 Å². The van der Waals surface area contributed by atoms with Crippen molar-refractivity contribution in [2.24, 2.45) is 0 Å². The van der Waals surface area contributed by atoms with Gasteiger partial charge in [0.1, 0.15) is 23.9 Å². The van der Waals surface area contributed by atoms with Gasteiger partial charge in [-0.25, -0.2) is 9.50 Å². The van der Waals surface area contributed by atoms with Gasteiger partial charge in [0.05, 0.1) is 30.6 Å². The Kier molecular flexibility index (Phi) is 6.01. The second-order valence-corrected chi connectivity index (χ2v) is 10.7. The highest BCUT2D eigenvalue weighted by molar-refractivity contribution is 5.81. The van der Waals surface area contributed by atoms with Crippen molar-refractivity contribution in [1.29, 1.82) is 0 Å². The Hall–Kier alpha value is -3.62. The summed E-state index contributed by atoms with van der Waals surface area (Å²) in [5.41, 5.74) is 3.40. The van der Waals surface area contributed by atoms with Crippen LogP contribution in [0.5, 0.6) is 11.5 Å². The normalized spacial score (nSPS) is 19.6. The van der Waals surface area contributed by atoms with Crippen LogP contribution in [0.25, 0.3) is 16.6 Å². The molecule has 4 aromatic rings. The summed E-state index contributed by atoms with van der Waals surface area (Å²) in [7, 11) is 1.70. The van der Waals surface area contributed by atoms with Crippen molar-refractivity contribution in [3.63, 3.8) is 0 Å². The second-order valence-electron chi connectivity index (χ2n) is 10.7. The molecule has 3 fully saturated rings. The number of anilines is 1. The first kappa shape index (κ1) is 23.8. The monoisotopic (exact) mass is 499 g/mol. The van der Waals surface area contributed by atoms with Gasteiger partial charge in [0, 0.05) is 49.0 Å². The van der Waals surface area contributed by atoms with E-state index in [0.29, 0.717) is 17.8 Å². The first-order valence-corrected chi connectivity index (χ1v) is 12.8. The van der Waals surface area contributed by atoms with E-state index in [1.165, 1.54) is 12.0 Å². The summed E-state index contributed by atoms with van der Waals surface area (Å²) in [6.07, 6.45) is 6.80. The third-order valence-corrected chi connectivity index (χ3v) is 7.33. The highest BCUT2D eigenvalue weighted by Crippen LogP contribution is 2.36. The first-order chi connectivity index (χ1) is 17.9. The molecule has 7 rings (SSSR count). The molecule has 2 atom stereocenters. The van der Waals surface area contributed by atoms with Crippen LogP contribution in [0.15, 0.2) is 67.1 Å². The van der Waals surface area contributed by atoms with Crippen LogP contribution in [0.1, 0.15) is 25.8 Å². The predicted molar refractivity (Wildman–Crippen MR) is 143 cm³/mol. The van der Waals surface area contributed by atoms with Crippen molar-refractivity contribution in [1.82, 2.24) is 19.5 Å². The fourth-order valence-corrected chi connectivity index (χ4v) is 5.38. The van der Waals surface area contributed by atoms with Crippen molar-refractivity contribution < 1.29 is 14.6 Å². The van der Waals surface area contributed by atoms with Crippen molar-refractivity contribution in [3.8, 4) is 22.6 Å². The fraction of sp³-hybridized carbons (Fsp3) is 0.379. The molecule has 0 aliphatic carbocycles. The number of hydrogen-bond acceptors (Lipinski definition) is 7. The summed E-state index contributed by atoms with van der Waals surface area (Å²) in [6.45, 7) is 6.62. The SMILES string of the molecule is COc1ccc(CN2C3CC2CN(c2ccc(-c4cc(OCC(C)(C)O)cn5nccc45)cn2)C3)cc1. The maximum atomic E-state index is 10.1. The molecule has 0 spiro atoms. The standard InChI is InChI=1S/C29H33N5O3/c1-29(2,35)19-37-25-13-26(27-10-11-31-34(27)18-25)21-6-9-28(30-14-21)32-16-22-12-23(17-32)33(22)15-20-4-7-24(36-3)8-5-20/h4-11,13-14,18,22-23,35H,12,15-17,19H2,1-3H3. The quantitative estimate of drug-likeness (QED) is 0.393. The summed E-state index contributed by atoms with van der Waals surface area (Å²) < 4.78 is 13.0. The lowest BCUT2D eigenvalue weighted by Crippen LogP contribution is -2.68. The number of methoxy groups -OCH3 is 1. The van der Waals surface area contributed by atoms with Crippen LogP contribution in [-0.2, 0) is 6.54 Å². The molecule has 0 amide bonds. The molecule has 0 saturated carbocycles. The van der Waals surface area contributed by atoms with Gasteiger partial charge in [-0.05, 0) is 62.2 Å². The van der Waals surface area contributed by atoms with Gasteiger partial charge in [-0.3, -0.25) is 4.90 Å². The van der Waals surface area contributed by atoms with Crippen LogP contribution in [0.4, 0.5) is 5.82 Å². The van der Waals surface area contributed by atoms with Crippen LogP contribution in [0, 0.1) is 0 Å². The number of piperidine rings is 1. The van der Waals surface area contributed by atoms with Crippen molar-refractivity contribution in [2.45, 2.75) is 44.5 Å². The lowest BCUT2D eigenvalue weighted by atomic mass is 9.86. The third-order valence-electron chi connectivity index (χ3n) is 7.33. The number of aromatic nitrogens is 3. The molecule has 0 radical (unpaired) electrons. The van der Waals surface area contributed by atoms with E-state index in [2.05, 4.69) is 39.2 Å². The number of fused-ring (bicyclic) bond motifs is 3. The Bertz CT molecular complexity index is 1370. The van der Waals surface area contributed by atoms with E-state index in [1.54, 1.807) is 31.7 Å². The zero-order valence-corrected chi connectivity index (χ0v) is 21.5. The van der Waals surface area contributed by atoms with Gasteiger partial charge >= 0.3 is 0 Å². The average molecular weight is 500 g/mol. The van der Waals surface area contributed by atoms with Crippen molar-refractivity contribution in [2.75, 3.05) is 31.7 Å². The predicted octanol–water partition coefficient (Wildman–Crippen LogP) is 4.02. The Morgan fingerprint density at radius 3 is 2.49 bits per heavy atom. The number of aliphatic hydroxyl groups is 1. The van der Waals surface area contributed by atoms with E-state index < -0.39 is 5.60 Å². The number of ether oxygens (including phenoxy) is 2. The van der Waals surface area contributed by atoms with Crippen LogP contribution in [-0.4, -0.2) is 69.1 Å². The smallest absolute Gasteiger partial charge is 0.138 e. The molecule has 2 bridgehead atoms. The molecule has 2 unspecified atom stereocenters. The van der Waals surface area contributed by atoms with Gasteiger partial charge in [0.2, 0.25) is 0 Å². The minimum Gasteiger partial charge on any atom is -0.497 e. The zero-order valence-electron chi connectivity index (χ0n) is 21.5. The maximum Gasteiger partial charge on any atom is 0.138 e. The molecule has 1 aromatic carbocycles. The molecule has 3 aliphatic rings. The van der Waals surface area contributed by atoms with E-state index >= 15 is 0 Å². The van der Waals surface area contributed by atoms with E-state index in [1.807, 2.05) is 36.7 Å². The maximum absolute atomic E-state index is 10.1. The minimum absolute atomic E-state index is 0.198. The average Bonchev–Trinajstić information content (AvgIpc) is 3.39. The lowest BCUT2D eigenvalue weighted by Gasteiger charge is -2.56. The molecule has 8 nitrogen and oxygen atoms in total. The molecular weight excluding hydrogens is 466 g/mol. The van der Waals surface area contributed by atoms with Crippen LogP contribution in [0.2, 0.25) is 0 Å². The van der Waals surface area contributed by atoms with Crippen molar-refractivity contribution >= 4 is 11.3 Å². The topological polar surface area (TPSA) is 75.4 Å². The van der Waals surface area contributed by atoms with Crippen LogP contribution >= 0.6 is 0 Å². The molecule has 3 saturated heterocycles. The van der Waals surface area contributed by atoms with Gasteiger partial charge in [-0.2, -0.15) is 5.10 Å². The number of hydrogen-bond donors (Lipinski definition) is 1. The van der Waals surface area contributed by atoms with Gasteiger partial charge in [-0.1, -0.05) is 12.1 Å². The van der Waals surface area contributed by atoms with Crippen molar-refractivity contribution in [3.05, 3.63) is 72.7 Å². The van der Waals surface area contributed by atoms with Gasteiger partial charge in [-0.15, -0.1) is 0 Å². The minimum atomic E-state index is -0.915. The number of nitrogens with zero attached hydrogens (tertiary/aromatic N) is 5. The largest absolute Gasteiger partial charge is 0.497 e. The number of pyridine rings is 2. The zero-order chi connectivity index (χ0) is 25.6. The van der Waals surface area contributed by atoms with Gasteiger partial charge < -0.3 is 19.5 Å². The summed E-state index contributed by atoms with van der Waals surface area (Å²) >= 11 is 0. The molecule has 192 valence electrons. The second kappa shape index (κ2) is 9.36. The summed E-state index contributed by atoms with van der Waals surface area (Å²) in [6, 6.07) is 17.7. The molecule has 3 aromatic heterocycles. The van der Waals surface area contributed by atoms with E-state index in [-0.39, 0.29) is 6.61 Å². The first-order valence-electron chi connectivity index (χ1n) is 12.8. The lowest BCUT2D eigenvalue weighted by molar-refractivity contribution is -0.00868. The molecule has 6 heterocycles. The highest BCUT2D eigenvalue weighted by Gasteiger charge is 2.44. The van der Waals surface area contributed by atoms with Crippen LogP contribution in [0.3, 0.4) is 0 Å². The molecule has 37 heavy (non-hydrogen) atoms. The highest BCUT2D eigenvalue weighted by atomic mass is 16.5. The van der Waals surface area contributed by atoms with Crippen LogP contribution < -0.4 is 14.4 Å². The summed E-state index contributed by atoms with van der Waals surface area (Å²) in [5, 5.41) is 14.4. The Labute approximate surface area is 217 Å². The fourth-order valence-electron chi connectivity index (χ4n) is 5.38. The van der Waals surface area contributed by atoms with E-state index in [4.69, 9.17) is 14.5 Å². The summed E-state index contributed by atoms with van der Waals surface area (Å²) in [5.74, 6) is 2.57. The molecule has 3 aliphatic heterocycles. The van der Waals surface area contributed by atoms with E-state index in [9.17, 15) is 5.11 Å². The Balaban J connectivity index is 1.15. The third kappa shape index (κ3) is 4.86. The Morgan fingerprint density at radius 1 is 1.03 bits per heavy atom. The Morgan fingerprint density at radius 2 is 1.81 bits per heavy atom. The molecule has 1 N–H and O–H groups in total. The molecular formula is C29H33N5O3. The summed E-state index contributed by atoms with van der Waals surface area (Å²) in [4.78, 5) is 9.87. The number of rotatable bonds is 8. The van der Waals surface area contributed by atoms with E-state index in [0.717, 1.165) is 47.8 Å². The number of piperazine rings is 1. The molecule has 8 heteroatoms. The number of benzene rings is 1.